The highest BCUT2D eigenvalue weighted by Crippen LogP contribution is 2.15. The summed E-state index contributed by atoms with van der Waals surface area (Å²) in [5.74, 6) is -0.0826. The minimum absolute atomic E-state index is 0.0826. The van der Waals surface area contributed by atoms with Crippen LogP contribution < -0.4 is 10.6 Å². The first-order chi connectivity index (χ1) is 9.19. The molecule has 0 aliphatic heterocycles. The third kappa shape index (κ3) is 5.90. The summed E-state index contributed by atoms with van der Waals surface area (Å²) in [6.45, 7) is 7.87. The molecule has 0 fully saturated rings. The van der Waals surface area contributed by atoms with Crippen LogP contribution in [0.1, 0.15) is 39.4 Å². The van der Waals surface area contributed by atoms with Crippen molar-refractivity contribution in [2.75, 3.05) is 6.54 Å². The van der Waals surface area contributed by atoms with Crippen molar-refractivity contribution in [3.63, 3.8) is 0 Å². The number of hydrogen-bond donors (Lipinski definition) is 3. The second-order valence-electron chi connectivity index (χ2n) is 5.94. The molecule has 20 heavy (non-hydrogen) atoms. The van der Waals surface area contributed by atoms with Crippen molar-refractivity contribution in [1.82, 2.24) is 10.6 Å². The molecule has 0 saturated heterocycles. The van der Waals surface area contributed by atoms with Crippen LogP contribution >= 0.6 is 11.6 Å². The molecular weight excluding hydrogens is 276 g/mol. The van der Waals surface area contributed by atoms with Gasteiger partial charge in [-0.05, 0) is 45.4 Å². The summed E-state index contributed by atoms with van der Waals surface area (Å²) in [6.07, 6.45) is -0.669. The lowest BCUT2D eigenvalue weighted by molar-refractivity contribution is -0.124. The summed E-state index contributed by atoms with van der Waals surface area (Å²) >= 11 is 5.80. The van der Waals surface area contributed by atoms with Gasteiger partial charge in [0.05, 0.1) is 12.1 Å². The lowest BCUT2D eigenvalue weighted by Gasteiger charge is -2.24. The SMILES string of the molecule is CC(NCC(O)c1ccc(Cl)cc1)C(=O)NC(C)(C)C. The van der Waals surface area contributed by atoms with Crippen molar-refractivity contribution in [3.8, 4) is 0 Å². The van der Waals surface area contributed by atoms with Gasteiger partial charge in [-0.3, -0.25) is 4.79 Å². The van der Waals surface area contributed by atoms with Gasteiger partial charge in [-0.2, -0.15) is 0 Å². The van der Waals surface area contributed by atoms with Gasteiger partial charge in [-0.1, -0.05) is 23.7 Å². The normalized spacial score (nSPS) is 14.7. The molecule has 0 aliphatic carbocycles. The Morgan fingerprint density at radius 2 is 1.85 bits per heavy atom. The number of halogens is 1. The zero-order valence-electron chi connectivity index (χ0n) is 12.4. The van der Waals surface area contributed by atoms with Crippen LogP contribution in [0.25, 0.3) is 0 Å². The average molecular weight is 299 g/mol. The van der Waals surface area contributed by atoms with E-state index < -0.39 is 6.10 Å². The van der Waals surface area contributed by atoms with Gasteiger partial charge in [-0.25, -0.2) is 0 Å². The Bertz CT molecular complexity index is 440. The molecule has 4 nitrogen and oxygen atoms in total. The molecule has 0 radical (unpaired) electrons. The van der Waals surface area contributed by atoms with E-state index in [4.69, 9.17) is 11.6 Å². The Labute approximate surface area is 125 Å². The Balaban J connectivity index is 2.46. The molecule has 1 amide bonds. The molecule has 0 aliphatic rings. The molecule has 0 bridgehead atoms. The largest absolute Gasteiger partial charge is 0.387 e. The van der Waals surface area contributed by atoms with Crippen molar-refractivity contribution in [2.45, 2.75) is 45.4 Å². The van der Waals surface area contributed by atoms with E-state index in [1.807, 2.05) is 20.8 Å². The number of aliphatic hydroxyl groups excluding tert-OH is 1. The second-order valence-corrected chi connectivity index (χ2v) is 6.37. The molecule has 112 valence electrons. The first-order valence-electron chi connectivity index (χ1n) is 6.68. The smallest absolute Gasteiger partial charge is 0.237 e. The maximum Gasteiger partial charge on any atom is 0.237 e. The van der Waals surface area contributed by atoms with Crippen LogP contribution in [-0.2, 0) is 4.79 Å². The van der Waals surface area contributed by atoms with Crippen LogP contribution in [0.5, 0.6) is 0 Å². The standard InChI is InChI=1S/C15H23ClN2O2/c1-10(14(20)18-15(2,3)4)17-9-13(19)11-5-7-12(16)8-6-11/h5-8,10,13,17,19H,9H2,1-4H3,(H,18,20). The molecule has 1 rings (SSSR count). The number of aliphatic hydroxyl groups is 1. The molecule has 1 aromatic rings. The molecule has 0 aromatic heterocycles. The highest BCUT2D eigenvalue weighted by atomic mass is 35.5. The van der Waals surface area contributed by atoms with Gasteiger partial charge in [0.2, 0.25) is 5.91 Å². The highest BCUT2D eigenvalue weighted by molar-refractivity contribution is 6.30. The topological polar surface area (TPSA) is 61.4 Å². The van der Waals surface area contributed by atoms with Gasteiger partial charge < -0.3 is 15.7 Å². The van der Waals surface area contributed by atoms with Gasteiger partial charge in [0, 0.05) is 17.1 Å². The van der Waals surface area contributed by atoms with Crippen LogP contribution in [0.15, 0.2) is 24.3 Å². The average Bonchev–Trinajstić information content (AvgIpc) is 2.34. The predicted molar refractivity (Wildman–Crippen MR) is 81.8 cm³/mol. The van der Waals surface area contributed by atoms with E-state index in [9.17, 15) is 9.90 Å². The molecule has 1 aromatic carbocycles. The monoisotopic (exact) mass is 298 g/mol. The first-order valence-corrected chi connectivity index (χ1v) is 7.06. The first kappa shape index (κ1) is 17.0. The number of carbonyl (C=O) groups excluding carboxylic acids is 1. The number of amides is 1. The van der Waals surface area contributed by atoms with Crippen LogP contribution in [-0.4, -0.2) is 29.1 Å². The van der Waals surface area contributed by atoms with Crippen LogP contribution in [0, 0.1) is 0 Å². The fraction of sp³-hybridized carbons (Fsp3) is 0.533. The molecule has 0 heterocycles. The molecular formula is C15H23ClN2O2. The van der Waals surface area contributed by atoms with E-state index in [1.165, 1.54) is 0 Å². The van der Waals surface area contributed by atoms with Gasteiger partial charge in [0.25, 0.3) is 0 Å². The van der Waals surface area contributed by atoms with Crippen molar-refractivity contribution in [2.24, 2.45) is 0 Å². The van der Waals surface area contributed by atoms with Crippen molar-refractivity contribution < 1.29 is 9.90 Å². The Morgan fingerprint density at radius 3 is 2.35 bits per heavy atom. The van der Waals surface area contributed by atoms with Gasteiger partial charge in [-0.15, -0.1) is 0 Å². The van der Waals surface area contributed by atoms with Gasteiger partial charge >= 0.3 is 0 Å². The Morgan fingerprint density at radius 1 is 1.30 bits per heavy atom. The maximum atomic E-state index is 11.9. The zero-order chi connectivity index (χ0) is 15.3. The van der Waals surface area contributed by atoms with Crippen LogP contribution in [0.4, 0.5) is 0 Å². The van der Waals surface area contributed by atoms with Crippen LogP contribution in [0.2, 0.25) is 5.02 Å². The Hall–Kier alpha value is -1.10. The molecule has 0 saturated carbocycles. The fourth-order valence-corrected chi connectivity index (χ4v) is 1.79. The third-order valence-corrected chi connectivity index (χ3v) is 3.02. The minimum atomic E-state index is -0.669. The van der Waals surface area contributed by atoms with Gasteiger partial charge in [0.1, 0.15) is 0 Å². The van der Waals surface area contributed by atoms with E-state index in [0.29, 0.717) is 11.6 Å². The van der Waals surface area contributed by atoms with Crippen LogP contribution in [0.3, 0.4) is 0 Å². The van der Waals surface area contributed by atoms with E-state index in [2.05, 4.69) is 10.6 Å². The predicted octanol–water partition coefficient (Wildman–Crippen LogP) is 2.27. The summed E-state index contributed by atoms with van der Waals surface area (Å²) in [5.41, 5.74) is 0.507. The summed E-state index contributed by atoms with van der Waals surface area (Å²) in [7, 11) is 0. The number of hydrogen-bond acceptors (Lipinski definition) is 3. The number of carbonyl (C=O) groups is 1. The third-order valence-electron chi connectivity index (χ3n) is 2.76. The molecule has 2 unspecified atom stereocenters. The second kappa shape index (κ2) is 7.07. The highest BCUT2D eigenvalue weighted by Gasteiger charge is 2.19. The maximum absolute atomic E-state index is 11.9. The van der Waals surface area contributed by atoms with Crippen molar-refractivity contribution in [1.29, 1.82) is 0 Å². The molecule has 3 N–H and O–H groups in total. The minimum Gasteiger partial charge on any atom is -0.387 e. The van der Waals surface area contributed by atoms with Crippen molar-refractivity contribution in [3.05, 3.63) is 34.9 Å². The summed E-state index contributed by atoms with van der Waals surface area (Å²) in [4.78, 5) is 11.9. The van der Waals surface area contributed by atoms with Gasteiger partial charge in [0.15, 0.2) is 0 Å². The molecule has 0 spiro atoms. The Kier molecular flexibility index (Phi) is 5.99. The van der Waals surface area contributed by atoms with E-state index in [-0.39, 0.29) is 17.5 Å². The fourth-order valence-electron chi connectivity index (χ4n) is 1.66. The van der Waals surface area contributed by atoms with E-state index in [0.717, 1.165) is 5.56 Å². The summed E-state index contributed by atoms with van der Waals surface area (Å²) < 4.78 is 0. The number of benzene rings is 1. The zero-order valence-corrected chi connectivity index (χ0v) is 13.2. The van der Waals surface area contributed by atoms with E-state index in [1.54, 1.807) is 31.2 Å². The lowest BCUT2D eigenvalue weighted by atomic mass is 10.1. The molecule has 5 heteroatoms. The summed E-state index contributed by atoms with van der Waals surface area (Å²) in [6, 6.07) is 6.64. The molecule has 2 atom stereocenters. The lowest BCUT2D eigenvalue weighted by Crippen LogP contribution is -2.50. The number of rotatable bonds is 5. The quantitative estimate of drug-likeness (QED) is 0.781. The van der Waals surface area contributed by atoms with E-state index >= 15 is 0 Å². The summed E-state index contributed by atoms with van der Waals surface area (Å²) in [5, 5.41) is 16.6. The van der Waals surface area contributed by atoms with Crippen molar-refractivity contribution >= 4 is 17.5 Å². The number of nitrogens with one attached hydrogen (secondary N) is 2.